The van der Waals surface area contributed by atoms with E-state index < -0.39 is 22.2 Å². The van der Waals surface area contributed by atoms with Crippen LogP contribution in [0.15, 0.2) is 12.1 Å². The predicted octanol–water partition coefficient (Wildman–Crippen LogP) is 1.53. The number of nitrogens with one attached hydrogen (secondary N) is 1. The van der Waals surface area contributed by atoms with Crippen molar-refractivity contribution in [2.45, 2.75) is 0 Å². The Bertz CT molecular complexity index is 496. The number of non-ortho nitro benzene ring substituents is 1. The van der Waals surface area contributed by atoms with Gasteiger partial charge in [0.05, 0.1) is 17.1 Å². The van der Waals surface area contributed by atoms with Gasteiger partial charge in [0.25, 0.3) is 5.69 Å². The van der Waals surface area contributed by atoms with Gasteiger partial charge < -0.3 is 10.2 Å². The fraction of sp³-hybridized carbons (Fsp3) is 0.538. The Morgan fingerprint density at radius 3 is 2.33 bits per heavy atom. The molecule has 0 atom stereocenters. The van der Waals surface area contributed by atoms with Gasteiger partial charge in [0.1, 0.15) is 5.69 Å². The predicted molar refractivity (Wildman–Crippen MR) is 75.4 cm³/mol. The van der Waals surface area contributed by atoms with Crippen molar-refractivity contribution in [3.8, 4) is 0 Å². The number of anilines is 1. The highest BCUT2D eigenvalue weighted by Gasteiger charge is 2.17. The number of piperazine rings is 1. The standard InChI is InChI=1S/C13H18F2N4O2/c1-17-4-6-18(7-5-17)3-2-16-13-11(14)8-10(19(20)21)9-12(13)15/h8-9,16H,2-7H2,1H3. The molecule has 1 aliphatic rings. The van der Waals surface area contributed by atoms with Gasteiger partial charge in [-0.05, 0) is 7.05 Å². The van der Waals surface area contributed by atoms with Gasteiger partial charge in [-0.1, -0.05) is 0 Å². The van der Waals surface area contributed by atoms with Crippen molar-refractivity contribution < 1.29 is 13.7 Å². The van der Waals surface area contributed by atoms with Crippen molar-refractivity contribution >= 4 is 11.4 Å². The molecule has 21 heavy (non-hydrogen) atoms. The van der Waals surface area contributed by atoms with Gasteiger partial charge in [-0.15, -0.1) is 0 Å². The molecule has 1 saturated heterocycles. The van der Waals surface area contributed by atoms with Crippen LogP contribution in [0.4, 0.5) is 20.2 Å². The third-order valence-corrected chi connectivity index (χ3v) is 3.56. The smallest absolute Gasteiger partial charge is 0.275 e. The molecule has 1 aromatic carbocycles. The van der Waals surface area contributed by atoms with E-state index in [0.29, 0.717) is 13.1 Å². The van der Waals surface area contributed by atoms with E-state index in [1.54, 1.807) is 0 Å². The zero-order valence-electron chi connectivity index (χ0n) is 11.8. The molecule has 1 aliphatic heterocycles. The Balaban J connectivity index is 1.90. The second-order valence-corrected chi connectivity index (χ2v) is 5.11. The average Bonchev–Trinajstić information content (AvgIpc) is 2.43. The Labute approximate surface area is 121 Å². The summed E-state index contributed by atoms with van der Waals surface area (Å²) in [6.07, 6.45) is 0. The quantitative estimate of drug-likeness (QED) is 0.660. The average molecular weight is 300 g/mol. The maximum Gasteiger partial charge on any atom is 0.275 e. The minimum Gasteiger partial charge on any atom is -0.379 e. The number of halogens is 2. The van der Waals surface area contributed by atoms with Gasteiger partial charge in [-0.2, -0.15) is 0 Å². The number of benzene rings is 1. The molecule has 116 valence electrons. The molecule has 2 rings (SSSR count). The molecule has 0 aliphatic carbocycles. The van der Waals surface area contributed by atoms with Crippen molar-refractivity contribution in [2.75, 3.05) is 51.6 Å². The van der Waals surface area contributed by atoms with Gasteiger partial charge in [-0.3, -0.25) is 15.0 Å². The lowest BCUT2D eigenvalue weighted by Crippen LogP contribution is -2.45. The molecule has 0 saturated carbocycles. The summed E-state index contributed by atoms with van der Waals surface area (Å²) in [5.74, 6) is -1.89. The van der Waals surface area contributed by atoms with Crippen LogP contribution in [0.1, 0.15) is 0 Å². The van der Waals surface area contributed by atoms with Crippen LogP contribution in [-0.4, -0.2) is 61.0 Å². The summed E-state index contributed by atoms with van der Waals surface area (Å²) in [6.45, 7) is 4.84. The second-order valence-electron chi connectivity index (χ2n) is 5.11. The van der Waals surface area contributed by atoms with Crippen molar-refractivity contribution in [3.05, 3.63) is 33.9 Å². The summed E-state index contributed by atoms with van der Waals surface area (Å²) in [7, 11) is 2.05. The lowest BCUT2D eigenvalue weighted by atomic mass is 10.2. The van der Waals surface area contributed by atoms with Crippen LogP contribution in [0, 0.1) is 21.7 Å². The van der Waals surface area contributed by atoms with Crippen LogP contribution in [0.3, 0.4) is 0 Å². The summed E-state index contributed by atoms with van der Waals surface area (Å²) >= 11 is 0. The number of hydrogen-bond donors (Lipinski definition) is 1. The van der Waals surface area contributed by atoms with Crippen molar-refractivity contribution in [1.29, 1.82) is 0 Å². The lowest BCUT2D eigenvalue weighted by Gasteiger charge is -2.32. The van der Waals surface area contributed by atoms with E-state index >= 15 is 0 Å². The Morgan fingerprint density at radius 1 is 1.24 bits per heavy atom. The van der Waals surface area contributed by atoms with Crippen LogP contribution in [0.25, 0.3) is 0 Å². The number of nitro groups is 1. The third kappa shape index (κ3) is 4.08. The third-order valence-electron chi connectivity index (χ3n) is 3.56. The molecule has 1 heterocycles. The first kappa shape index (κ1) is 15.6. The van der Waals surface area contributed by atoms with Crippen LogP contribution in [0.2, 0.25) is 0 Å². The zero-order valence-corrected chi connectivity index (χ0v) is 11.8. The second kappa shape index (κ2) is 6.77. The van der Waals surface area contributed by atoms with Crippen LogP contribution in [-0.2, 0) is 0 Å². The number of rotatable bonds is 5. The summed E-state index contributed by atoms with van der Waals surface area (Å²) < 4.78 is 27.3. The number of hydrogen-bond acceptors (Lipinski definition) is 5. The maximum absolute atomic E-state index is 13.7. The fourth-order valence-electron chi connectivity index (χ4n) is 2.24. The van der Waals surface area contributed by atoms with Crippen LogP contribution in [0.5, 0.6) is 0 Å². The summed E-state index contributed by atoms with van der Waals surface area (Å²) in [4.78, 5) is 14.1. The summed E-state index contributed by atoms with van der Waals surface area (Å²) in [5.41, 5.74) is -0.899. The van der Waals surface area contributed by atoms with Crippen LogP contribution < -0.4 is 5.32 Å². The molecule has 0 spiro atoms. The van der Waals surface area contributed by atoms with Crippen molar-refractivity contribution in [3.63, 3.8) is 0 Å². The topological polar surface area (TPSA) is 61.6 Å². The highest BCUT2D eigenvalue weighted by Crippen LogP contribution is 2.24. The number of likely N-dealkylation sites (N-methyl/N-ethyl adjacent to an activating group) is 1. The van der Waals surface area contributed by atoms with Crippen molar-refractivity contribution in [1.82, 2.24) is 9.80 Å². The lowest BCUT2D eigenvalue weighted by molar-refractivity contribution is -0.385. The van der Waals surface area contributed by atoms with Crippen molar-refractivity contribution in [2.24, 2.45) is 0 Å². The molecule has 0 radical (unpaired) electrons. The first-order valence-corrected chi connectivity index (χ1v) is 6.75. The molecule has 0 unspecified atom stereocenters. The molecular formula is C13H18F2N4O2. The Kier molecular flexibility index (Phi) is 5.03. The van der Waals surface area contributed by atoms with E-state index in [2.05, 4.69) is 22.2 Å². The maximum atomic E-state index is 13.7. The Hall–Kier alpha value is -1.80. The molecule has 1 N–H and O–H groups in total. The molecule has 0 amide bonds. The molecule has 1 fully saturated rings. The van der Waals surface area contributed by atoms with Crippen LogP contribution >= 0.6 is 0 Å². The molecule has 6 nitrogen and oxygen atoms in total. The Morgan fingerprint density at radius 2 is 1.81 bits per heavy atom. The fourth-order valence-corrected chi connectivity index (χ4v) is 2.24. The van der Waals surface area contributed by atoms with E-state index in [-0.39, 0.29) is 5.69 Å². The van der Waals surface area contributed by atoms with Gasteiger partial charge in [0, 0.05) is 39.3 Å². The van der Waals surface area contributed by atoms with Gasteiger partial charge in [0.2, 0.25) is 0 Å². The van der Waals surface area contributed by atoms with E-state index in [1.165, 1.54) is 0 Å². The van der Waals surface area contributed by atoms with Gasteiger partial charge >= 0.3 is 0 Å². The summed E-state index contributed by atoms with van der Waals surface area (Å²) in [6, 6.07) is 1.45. The first-order valence-electron chi connectivity index (χ1n) is 6.75. The molecule has 8 heteroatoms. The first-order chi connectivity index (χ1) is 9.97. The molecule has 1 aromatic rings. The van der Waals surface area contributed by atoms with Gasteiger partial charge in [0.15, 0.2) is 11.6 Å². The SMILES string of the molecule is CN1CCN(CCNc2c(F)cc([N+](=O)[O-])cc2F)CC1. The highest BCUT2D eigenvalue weighted by molar-refractivity contribution is 5.51. The number of nitrogens with zero attached hydrogens (tertiary/aromatic N) is 3. The normalized spacial score (nSPS) is 16.9. The number of nitro benzene ring substituents is 1. The largest absolute Gasteiger partial charge is 0.379 e. The summed E-state index contributed by atoms with van der Waals surface area (Å²) in [5, 5.41) is 13.2. The van der Waals surface area contributed by atoms with E-state index in [1.807, 2.05) is 0 Å². The molecule has 0 bridgehead atoms. The molecular weight excluding hydrogens is 282 g/mol. The van der Waals surface area contributed by atoms with E-state index in [9.17, 15) is 18.9 Å². The van der Waals surface area contributed by atoms with Gasteiger partial charge in [-0.25, -0.2) is 8.78 Å². The zero-order chi connectivity index (χ0) is 15.4. The molecule has 0 aromatic heterocycles. The highest BCUT2D eigenvalue weighted by atomic mass is 19.1. The minimum atomic E-state index is -0.944. The van der Waals surface area contributed by atoms with E-state index in [0.717, 1.165) is 38.3 Å². The minimum absolute atomic E-state index is 0.310. The van der Waals surface area contributed by atoms with E-state index in [4.69, 9.17) is 0 Å². The monoisotopic (exact) mass is 300 g/mol.